The van der Waals surface area contributed by atoms with Crippen molar-refractivity contribution in [1.82, 2.24) is 15.1 Å². The molecule has 31 heavy (non-hydrogen) atoms. The lowest BCUT2D eigenvalue weighted by Gasteiger charge is -2.29. The molecule has 1 aromatic heterocycles. The number of likely N-dealkylation sites (tertiary alicyclic amines) is 1. The molecule has 0 bridgehead atoms. The zero-order valence-corrected chi connectivity index (χ0v) is 16.5. The molecule has 9 heteroatoms. The fraction of sp³-hybridized carbons (Fsp3) is 0.227. The molecule has 4 rings (SSSR count). The van der Waals surface area contributed by atoms with E-state index in [0.717, 1.165) is 0 Å². The third-order valence-electron chi connectivity index (χ3n) is 5.21. The predicted octanol–water partition coefficient (Wildman–Crippen LogP) is 4.20. The lowest BCUT2D eigenvalue weighted by atomic mass is 9.97. The number of carbonyl (C=O) groups excluding carboxylic acids is 1. The summed E-state index contributed by atoms with van der Waals surface area (Å²) in [7, 11) is 0. The minimum Gasteiger partial charge on any atom is -0.420 e. The Hall–Kier alpha value is -3.88. The van der Waals surface area contributed by atoms with Gasteiger partial charge in [0.2, 0.25) is 17.7 Å². The highest BCUT2D eigenvalue weighted by Crippen LogP contribution is 2.29. The maximum Gasteiger partial charge on any atom is 0.269 e. The van der Waals surface area contributed by atoms with Crippen LogP contribution in [0.3, 0.4) is 0 Å². The van der Waals surface area contributed by atoms with Gasteiger partial charge in [-0.2, -0.15) is 0 Å². The number of hydrogen-bond donors (Lipinski definition) is 0. The number of nitro groups is 1. The maximum absolute atomic E-state index is 13.1. The highest BCUT2D eigenvalue weighted by atomic mass is 19.1. The summed E-state index contributed by atoms with van der Waals surface area (Å²) in [6, 6.07) is 11.9. The Labute approximate surface area is 177 Å². The summed E-state index contributed by atoms with van der Waals surface area (Å²) in [5.41, 5.74) is 1.38. The van der Waals surface area contributed by atoms with Crippen molar-refractivity contribution < 1.29 is 18.5 Å². The molecule has 1 fully saturated rings. The Kier molecular flexibility index (Phi) is 5.83. The Balaban J connectivity index is 1.32. The Morgan fingerprint density at radius 1 is 1.10 bits per heavy atom. The number of piperidine rings is 1. The van der Waals surface area contributed by atoms with Crippen LogP contribution in [0.4, 0.5) is 10.1 Å². The molecular formula is C22H19FN4O4. The molecule has 2 heterocycles. The van der Waals surface area contributed by atoms with E-state index in [4.69, 9.17) is 4.42 Å². The van der Waals surface area contributed by atoms with Gasteiger partial charge in [-0.1, -0.05) is 0 Å². The molecule has 0 aliphatic carbocycles. The number of nitro benzene ring substituents is 1. The van der Waals surface area contributed by atoms with Crippen molar-refractivity contribution in [3.63, 3.8) is 0 Å². The summed E-state index contributed by atoms with van der Waals surface area (Å²) in [5.74, 6) is 0.481. The minimum atomic E-state index is -0.463. The summed E-state index contributed by atoms with van der Waals surface area (Å²) < 4.78 is 18.8. The smallest absolute Gasteiger partial charge is 0.269 e. The zero-order chi connectivity index (χ0) is 21.8. The molecule has 2 aromatic carbocycles. The van der Waals surface area contributed by atoms with Crippen molar-refractivity contribution >= 4 is 17.7 Å². The van der Waals surface area contributed by atoms with Crippen LogP contribution in [-0.4, -0.2) is 39.0 Å². The largest absolute Gasteiger partial charge is 0.420 e. The van der Waals surface area contributed by atoms with Gasteiger partial charge < -0.3 is 9.32 Å². The first-order valence-electron chi connectivity index (χ1n) is 9.80. The van der Waals surface area contributed by atoms with Crippen molar-refractivity contribution in [2.45, 2.75) is 18.8 Å². The fourth-order valence-electron chi connectivity index (χ4n) is 3.44. The van der Waals surface area contributed by atoms with E-state index >= 15 is 0 Å². The average molecular weight is 422 g/mol. The molecule has 1 saturated heterocycles. The number of non-ortho nitro benzene ring substituents is 1. The van der Waals surface area contributed by atoms with Gasteiger partial charge in [-0.05, 0) is 60.9 Å². The molecule has 0 atom stereocenters. The van der Waals surface area contributed by atoms with Crippen LogP contribution in [0.5, 0.6) is 0 Å². The molecular weight excluding hydrogens is 403 g/mol. The average Bonchev–Trinajstić information content (AvgIpc) is 3.28. The lowest BCUT2D eigenvalue weighted by Crippen LogP contribution is -2.36. The first-order valence-corrected chi connectivity index (χ1v) is 9.80. The summed E-state index contributed by atoms with van der Waals surface area (Å²) in [6.45, 7) is 1.12. The second-order valence-electron chi connectivity index (χ2n) is 7.23. The topological polar surface area (TPSA) is 102 Å². The van der Waals surface area contributed by atoms with Crippen LogP contribution < -0.4 is 0 Å². The van der Waals surface area contributed by atoms with Crippen molar-refractivity contribution in [1.29, 1.82) is 0 Å². The molecule has 1 amide bonds. The van der Waals surface area contributed by atoms with E-state index < -0.39 is 4.92 Å². The third kappa shape index (κ3) is 4.82. The van der Waals surface area contributed by atoms with Crippen molar-refractivity contribution in [2.24, 2.45) is 0 Å². The molecule has 0 radical (unpaired) electrons. The molecule has 0 unspecified atom stereocenters. The molecule has 0 spiro atoms. The number of benzene rings is 2. The molecule has 0 N–H and O–H groups in total. The van der Waals surface area contributed by atoms with Gasteiger partial charge in [0.15, 0.2) is 0 Å². The normalized spacial score (nSPS) is 14.8. The number of aromatic nitrogens is 2. The number of rotatable bonds is 5. The monoisotopic (exact) mass is 422 g/mol. The minimum absolute atomic E-state index is 0.00848. The Morgan fingerprint density at radius 3 is 2.42 bits per heavy atom. The summed E-state index contributed by atoms with van der Waals surface area (Å²) in [4.78, 5) is 24.4. The van der Waals surface area contributed by atoms with Gasteiger partial charge in [-0.25, -0.2) is 4.39 Å². The van der Waals surface area contributed by atoms with Crippen LogP contribution in [0.1, 0.15) is 30.2 Å². The first-order chi connectivity index (χ1) is 15.0. The highest BCUT2D eigenvalue weighted by molar-refractivity contribution is 5.91. The molecule has 0 saturated carbocycles. The van der Waals surface area contributed by atoms with Crippen molar-refractivity contribution in [3.8, 4) is 11.5 Å². The lowest BCUT2D eigenvalue weighted by molar-refractivity contribution is -0.384. The highest BCUT2D eigenvalue weighted by Gasteiger charge is 2.26. The van der Waals surface area contributed by atoms with E-state index in [2.05, 4.69) is 10.2 Å². The van der Waals surface area contributed by atoms with E-state index in [1.54, 1.807) is 35.2 Å². The van der Waals surface area contributed by atoms with Crippen LogP contribution in [0.15, 0.2) is 59.0 Å². The van der Waals surface area contributed by atoms with Gasteiger partial charge in [0.25, 0.3) is 5.69 Å². The maximum atomic E-state index is 13.1. The second kappa shape index (κ2) is 8.86. The SMILES string of the molecule is O=C(/C=C/c1ccc([N+](=O)[O-])cc1)N1CCC(c2nnc(-c3ccc(F)cc3)o2)CC1. The van der Waals surface area contributed by atoms with E-state index in [-0.39, 0.29) is 23.3 Å². The van der Waals surface area contributed by atoms with Crippen LogP contribution in [0, 0.1) is 15.9 Å². The molecule has 1 aliphatic heterocycles. The van der Waals surface area contributed by atoms with E-state index in [1.807, 2.05) is 0 Å². The van der Waals surface area contributed by atoms with Gasteiger partial charge in [0.1, 0.15) is 5.82 Å². The van der Waals surface area contributed by atoms with E-state index in [9.17, 15) is 19.3 Å². The van der Waals surface area contributed by atoms with Crippen LogP contribution in [-0.2, 0) is 4.79 Å². The molecule has 158 valence electrons. The number of amides is 1. The van der Waals surface area contributed by atoms with E-state index in [0.29, 0.717) is 48.8 Å². The number of nitrogens with zero attached hydrogens (tertiary/aromatic N) is 4. The summed E-state index contributed by atoms with van der Waals surface area (Å²) in [5, 5.41) is 18.9. The second-order valence-corrected chi connectivity index (χ2v) is 7.23. The third-order valence-corrected chi connectivity index (χ3v) is 5.21. The van der Waals surface area contributed by atoms with Crippen LogP contribution >= 0.6 is 0 Å². The standard InChI is InChI=1S/C22H19FN4O4/c23-18-6-4-16(5-7-18)21-24-25-22(31-21)17-11-13-26(14-12-17)20(28)10-3-15-1-8-19(9-2-15)27(29)30/h1-10,17H,11-14H2/b10-3+. The van der Waals surface area contributed by atoms with Gasteiger partial charge in [0.05, 0.1) is 4.92 Å². The number of carbonyl (C=O) groups is 1. The summed E-state index contributed by atoms with van der Waals surface area (Å²) >= 11 is 0. The van der Waals surface area contributed by atoms with Gasteiger partial charge in [-0.3, -0.25) is 14.9 Å². The number of hydrogen-bond acceptors (Lipinski definition) is 6. The van der Waals surface area contributed by atoms with Crippen molar-refractivity contribution in [3.05, 3.63) is 82.0 Å². The fourth-order valence-corrected chi connectivity index (χ4v) is 3.44. The van der Waals surface area contributed by atoms with Crippen molar-refractivity contribution in [2.75, 3.05) is 13.1 Å². The van der Waals surface area contributed by atoms with Crippen LogP contribution in [0.25, 0.3) is 17.5 Å². The Bertz CT molecular complexity index is 1100. The van der Waals surface area contributed by atoms with Gasteiger partial charge >= 0.3 is 0 Å². The first kappa shape index (κ1) is 20.4. The molecule has 8 nitrogen and oxygen atoms in total. The van der Waals surface area contributed by atoms with Gasteiger partial charge in [-0.15, -0.1) is 10.2 Å². The molecule has 1 aliphatic rings. The van der Waals surface area contributed by atoms with Crippen LogP contribution in [0.2, 0.25) is 0 Å². The van der Waals surface area contributed by atoms with Gasteiger partial charge in [0, 0.05) is 42.8 Å². The summed E-state index contributed by atoms with van der Waals surface area (Å²) in [6.07, 6.45) is 4.51. The number of halogens is 1. The Morgan fingerprint density at radius 2 is 1.77 bits per heavy atom. The van der Waals surface area contributed by atoms with E-state index in [1.165, 1.54) is 30.3 Å². The molecule has 3 aromatic rings. The zero-order valence-electron chi connectivity index (χ0n) is 16.5. The quantitative estimate of drug-likeness (QED) is 0.347. The predicted molar refractivity (Wildman–Crippen MR) is 110 cm³/mol.